The molecule has 5 nitrogen and oxygen atoms in total. The molecular formula is C34H34Cl2N4OTi. The minimum Gasteiger partial charge on any atom is -0.621 e. The molecule has 1 aliphatic carbocycles. The van der Waals surface area contributed by atoms with Gasteiger partial charge in [0.15, 0.2) is 0 Å². The molecule has 1 aromatic heterocycles. The third kappa shape index (κ3) is 7.27. The van der Waals surface area contributed by atoms with Crippen LogP contribution in [0.1, 0.15) is 55.9 Å². The minimum absolute atomic E-state index is 0. The van der Waals surface area contributed by atoms with Gasteiger partial charge in [-0.25, -0.2) is 11.6 Å². The largest absolute Gasteiger partial charge is 2.00 e. The molecule has 0 bridgehead atoms. The molecule has 0 radical (unpaired) electrons. The van der Waals surface area contributed by atoms with Gasteiger partial charge in [0.25, 0.3) is 0 Å². The van der Waals surface area contributed by atoms with Gasteiger partial charge in [0, 0.05) is 6.20 Å². The molecule has 0 saturated heterocycles. The van der Waals surface area contributed by atoms with Crippen LogP contribution in [-0.2, 0) is 21.7 Å². The molecule has 0 unspecified atom stereocenters. The number of benzene rings is 3. The van der Waals surface area contributed by atoms with Gasteiger partial charge in [0.2, 0.25) is 5.62 Å². The van der Waals surface area contributed by atoms with Crippen LogP contribution in [0.15, 0.2) is 70.9 Å². The molecule has 0 saturated carbocycles. The second-order valence-electron chi connectivity index (χ2n) is 10.5. The Morgan fingerprint density at radius 2 is 1.31 bits per heavy atom. The van der Waals surface area contributed by atoms with Crippen molar-refractivity contribution in [2.75, 3.05) is 0 Å². The maximum atomic E-state index is 13.5. The fraction of sp³-hybridized carbons (Fsp3) is 0.235. The van der Waals surface area contributed by atoms with Crippen molar-refractivity contribution in [2.24, 2.45) is 0 Å². The summed E-state index contributed by atoms with van der Waals surface area (Å²) in [4.78, 5) is 13.5. The van der Waals surface area contributed by atoms with Crippen LogP contribution in [0.4, 0.5) is 5.69 Å². The molecule has 0 spiro atoms. The average molecular weight is 633 g/mol. The second kappa shape index (κ2) is 13.9. The summed E-state index contributed by atoms with van der Waals surface area (Å²) in [5.41, 5.74) is 10.5. The number of hydrogen-bond acceptors (Lipinski definition) is 2. The van der Waals surface area contributed by atoms with E-state index in [9.17, 15) is 4.79 Å². The Morgan fingerprint density at radius 3 is 1.74 bits per heavy atom. The first-order valence-electron chi connectivity index (χ1n) is 13.4. The number of nitrogens with one attached hydrogen (secondary N) is 1. The first-order chi connectivity index (χ1) is 19.4. The number of nitrogens with zero attached hydrogens (tertiary/aromatic N) is 3. The number of carbonyl (C=O) groups excluding carboxylic acids is 1. The zero-order valence-corrected chi connectivity index (χ0v) is 28.1. The standard InChI is InChI=1S/C29H32N4O.C5H3Cl2.Ti/c1-17-8-10-24(11-9-17)31-28(34)25-16-32(26-20(4)12-18(2)13-21(26)5)29(30)33(25)27-22(6)14-19(3)15-23(27)7;6-4-2-1-3-5(4)7;/h8-16,30H,1-7H3,(H,31,34);2H,1H2;/q;-1;+2/p-1. The van der Waals surface area contributed by atoms with Crippen LogP contribution in [0, 0.1) is 60.0 Å². The van der Waals surface area contributed by atoms with Crippen LogP contribution in [0.5, 0.6) is 0 Å². The zero-order chi connectivity index (χ0) is 30.0. The summed E-state index contributed by atoms with van der Waals surface area (Å²) in [7, 11) is 0. The Hall–Kier alpha value is -3.09. The molecule has 5 rings (SSSR count). The van der Waals surface area contributed by atoms with E-state index in [-0.39, 0.29) is 33.2 Å². The smallest absolute Gasteiger partial charge is 0.621 e. The van der Waals surface area contributed by atoms with Gasteiger partial charge < -0.3 is 10.1 Å². The number of amides is 1. The molecule has 4 aromatic rings. The van der Waals surface area contributed by atoms with Crippen molar-refractivity contribution in [3.63, 3.8) is 0 Å². The summed E-state index contributed by atoms with van der Waals surface area (Å²) in [6.07, 6.45) is 7.17. The molecule has 1 amide bonds. The van der Waals surface area contributed by atoms with Gasteiger partial charge in [-0.2, -0.15) is 6.08 Å². The quantitative estimate of drug-likeness (QED) is 0.177. The van der Waals surface area contributed by atoms with Gasteiger partial charge in [0.1, 0.15) is 5.91 Å². The Labute approximate surface area is 273 Å². The van der Waals surface area contributed by atoms with Gasteiger partial charge in [-0.3, -0.25) is 20.6 Å². The maximum Gasteiger partial charge on any atom is 2.00 e. The van der Waals surface area contributed by atoms with Crippen molar-refractivity contribution in [3.05, 3.63) is 133 Å². The van der Waals surface area contributed by atoms with Gasteiger partial charge in [-0.1, -0.05) is 70.3 Å². The van der Waals surface area contributed by atoms with Crippen molar-refractivity contribution < 1.29 is 26.5 Å². The van der Waals surface area contributed by atoms with Crippen LogP contribution in [0.25, 0.3) is 16.7 Å². The average Bonchev–Trinajstić information content (AvgIpc) is 3.42. The first kappa shape index (κ1) is 33.4. The van der Waals surface area contributed by atoms with Gasteiger partial charge in [0.05, 0.1) is 17.1 Å². The molecule has 0 fully saturated rings. The molecule has 1 N–H and O–H groups in total. The number of halogens is 2. The van der Waals surface area contributed by atoms with Gasteiger partial charge >= 0.3 is 21.7 Å². The topological polar surface area (TPSA) is 64.9 Å². The normalized spacial score (nSPS) is 12.1. The van der Waals surface area contributed by atoms with Gasteiger partial charge in [-0.15, -0.1) is 28.7 Å². The summed E-state index contributed by atoms with van der Waals surface area (Å²) in [6.45, 7) is 14.2. The summed E-state index contributed by atoms with van der Waals surface area (Å²) in [5, 5.41) is 14.7. The van der Waals surface area contributed by atoms with Crippen molar-refractivity contribution in [3.8, 4) is 11.4 Å². The van der Waals surface area contributed by atoms with E-state index < -0.39 is 0 Å². The Morgan fingerprint density at radius 1 is 0.810 bits per heavy atom. The molecule has 0 aliphatic heterocycles. The first-order valence-corrected chi connectivity index (χ1v) is 14.1. The molecule has 1 heterocycles. The van der Waals surface area contributed by atoms with E-state index >= 15 is 0 Å². The number of hydrogen-bond donors (Lipinski definition) is 1. The zero-order valence-electron chi connectivity index (χ0n) is 25.0. The van der Waals surface area contributed by atoms with Crippen LogP contribution in [-0.4, -0.2) is 15.0 Å². The van der Waals surface area contributed by atoms with Gasteiger partial charge in [-0.05, 0) is 70.7 Å². The molecule has 214 valence electrons. The second-order valence-corrected chi connectivity index (χ2v) is 11.3. The fourth-order valence-corrected chi connectivity index (χ4v) is 5.58. The summed E-state index contributed by atoms with van der Waals surface area (Å²) in [5.74, 6) is -0.377. The van der Waals surface area contributed by atoms with Crippen molar-refractivity contribution in [1.29, 1.82) is 5.41 Å². The van der Waals surface area contributed by atoms with Crippen molar-refractivity contribution in [2.45, 2.75) is 54.9 Å². The van der Waals surface area contributed by atoms with E-state index in [0.29, 0.717) is 21.4 Å². The maximum absolute atomic E-state index is 13.5. The molecule has 1 aliphatic rings. The number of carbonyl (C=O) groups is 1. The fourth-order valence-electron chi connectivity index (χ4n) is 5.29. The minimum atomic E-state index is -0.377. The predicted octanol–water partition coefficient (Wildman–Crippen LogP) is 9.19. The van der Waals surface area contributed by atoms with E-state index in [4.69, 9.17) is 28.6 Å². The van der Waals surface area contributed by atoms with E-state index in [2.05, 4.69) is 49.5 Å². The Kier molecular flexibility index (Phi) is 11.1. The van der Waals surface area contributed by atoms with Crippen LogP contribution in [0.2, 0.25) is 0 Å². The third-order valence-electron chi connectivity index (χ3n) is 6.90. The van der Waals surface area contributed by atoms with E-state index in [0.717, 1.165) is 51.2 Å². The van der Waals surface area contributed by atoms with Crippen LogP contribution >= 0.6 is 23.2 Å². The van der Waals surface area contributed by atoms with Crippen molar-refractivity contribution in [1.82, 2.24) is 9.13 Å². The molecule has 3 aromatic carbocycles. The van der Waals surface area contributed by atoms with Crippen molar-refractivity contribution >= 4 is 34.8 Å². The van der Waals surface area contributed by atoms with E-state index in [1.54, 1.807) is 15.3 Å². The number of rotatable bonds is 4. The number of allylic oxidation sites excluding steroid dienone is 4. The summed E-state index contributed by atoms with van der Waals surface area (Å²) >= 11 is 11.0. The number of aryl methyl sites for hydroxylation is 7. The monoisotopic (exact) mass is 632 g/mol. The van der Waals surface area contributed by atoms with Crippen LogP contribution in [0.3, 0.4) is 0 Å². The summed E-state index contributed by atoms with van der Waals surface area (Å²) < 4.78 is 3.55. The third-order valence-corrected chi connectivity index (χ3v) is 7.68. The molecule has 0 atom stereocenters. The predicted molar refractivity (Wildman–Crippen MR) is 169 cm³/mol. The summed E-state index contributed by atoms with van der Waals surface area (Å²) in [6, 6.07) is 15.9. The Bertz CT molecular complexity index is 1700. The molecule has 42 heavy (non-hydrogen) atoms. The molecule has 8 heteroatoms. The van der Waals surface area contributed by atoms with E-state index in [1.807, 2.05) is 65.0 Å². The van der Waals surface area contributed by atoms with E-state index in [1.165, 1.54) is 5.56 Å². The Balaban J connectivity index is 0.000000531. The van der Waals surface area contributed by atoms with Crippen LogP contribution < -0.4 is 5.62 Å². The number of aromatic nitrogens is 2. The number of imidazole rings is 1. The molecular weight excluding hydrogens is 599 g/mol. The SMILES string of the molecule is Cc1ccc([N-]C(=O)c2cn(-c3c(C)cc(C)cc3C)c(=N)n2-c2c(C)cc(C)cc2C)cc1.ClC1=[C-]CC=C1Cl.[Ti+2].